The van der Waals surface area contributed by atoms with E-state index in [9.17, 15) is 9.50 Å². The summed E-state index contributed by atoms with van der Waals surface area (Å²) in [6, 6.07) is 8.06. The maximum Gasteiger partial charge on any atom is 0.157 e. The second kappa shape index (κ2) is 7.29. The molecule has 0 aliphatic heterocycles. The van der Waals surface area contributed by atoms with Gasteiger partial charge in [-0.25, -0.2) is 14.1 Å². The average molecular weight is 342 g/mol. The Hall–Kier alpha value is -2.31. The molecule has 0 aliphatic rings. The summed E-state index contributed by atoms with van der Waals surface area (Å²) in [4.78, 5) is 4.51. The normalized spacial score (nSPS) is 14.2. The Balaban J connectivity index is 1.66. The fraction of sp³-hybridized carbons (Fsp3) is 0.368. The minimum Gasteiger partial charge on any atom is -0.387 e. The highest BCUT2D eigenvalue weighted by Gasteiger charge is 2.16. The van der Waals surface area contributed by atoms with Gasteiger partial charge in [-0.3, -0.25) is 0 Å². The van der Waals surface area contributed by atoms with E-state index in [0.717, 1.165) is 16.6 Å². The summed E-state index contributed by atoms with van der Waals surface area (Å²) < 4.78 is 14.9. The highest BCUT2D eigenvalue weighted by molar-refractivity contribution is 5.75. The molecule has 6 heteroatoms. The van der Waals surface area contributed by atoms with Crippen LogP contribution in [0.3, 0.4) is 0 Å². The molecule has 1 aromatic carbocycles. The van der Waals surface area contributed by atoms with Crippen molar-refractivity contribution in [2.45, 2.75) is 45.5 Å². The molecule has 3 rings (SSSR count). The van der Waals surface area contributed by atoms with E-state index in [2.05, 4.69) is 35.3 Å². The van der Waals surface area contributed by atoms with Crippen molar-refractivity contribution < 1.29 is 9.50 Å². The van der Waals surface area contributed by atoms with Gasteiger partial charge in [-0.2, -0.15) is 5.10 Å². The van der Waals surface area contributed by atoms with Gasteiger partial charge in [0.1, 0.15) is 5.82 Å². The largest absolute Gasteiger partial charge is 0.387 e. The zero-order chi connectivity index (χ0) is 18.0. The molecule has 2 unspecified atom stereocenters. The summed E-state index contributed by atoms with van der Waals surface area (Å²) in [6.07, 6.45) is 2.94. The number of nitrogens with zero attached hydrogens (tertiary/aromatic N) is 3. The third-order valence-corrected chi connectivity index (χ3v) is 4.29. The van der Waals surface area contributed by atoms with Crippen LogP contribution in [0.2, 0.25) is 0 Å². The molecular weight excluding hydrogens is 319 g/mol. The Bertz CT molecular complexity index is 844. The van der Waals surface area contributed by atoms with Crippen LogP contribution in [-0.4, -0.2) is 25.9 Å². The van der Waals surface area contributed by atoms with Gasteiger partial charge in [-0.05, 0) is 50.1 Å². The third kappa shape index (κ3) is 3.86. The molecule has 0 aliphatic carbocycles. The lowest BCUT2D eigenvalue weighted by Gasteiger charge is -2.20. The fourth-order valence-corrected chi connectivity index (χ4v) is 2.80. The minimum atomic E-state index is -0.707. The second-order valence-corrected chi connectivity index (χ2v) is 6.61. The van der Waals surface area contributed by atoms with Crippen molar-refractivity contribution in [2.24, 2.45) is 0 Å². The van der Waals surface area contributed by atoms with Crippen molar-refractivity contribution >= 4 is 11.0 Å². The molecule has 0 radical (unpaired) electrons. The maximum atomic E-state index is 13.0. The summed E-state index contributed by atoms with van der Waals surface area (Å²) in [5, 5.41) is 19.0. The van der Waals surface area contributed by atoms with Crippen LogP contribution in [0.4, 0.5) is 4.39 Å². The Morgan fingerprint density at radius 3 is 2.56 bits per heavy atom. The molecule has 0 amide bonds. The lowest BCUT2D eigenvalue weighted by molar-refractivity contribution is 0.135. The molecule has 3 aromatic rings. The first kappa shape index (κ1) is 17.5. The number of aromatic nitrogens is 3. The lowest BCUT2D eigenvalue weighted by Crippen LogP contribution is -2.31. The van der Waals surface area contributed by atoms with Crippen molar-refractivity contribution in [2.75, 3.05) is 0 Å². The summed E-state index contributed by atoms with van der Waals surface area (Å²) in [6.45, 7) is 6.62. The van der Waals surface area contributed by atoms with Gasteiger partial charge in [0.25, 0.3) is 0 Å². The lowest BCUT2D eigenvalue weighted by atomic mass is 10.0. The molecule has 5 nitrogen and oxygen atoms in total. The molecule has 0 spiro atoms. The molecule has 0 saturated carbocycles. The number of fused-ring (bicyclic) bond motifs is 1. The first-order valence-corrected chi connectivity index (χ1v) is 8.44. The Morgan fingerprint density at radius 1 is 1.16 bits per heavy atom. The average Bonchev–Trinajstić information content (AvgIpc) is 3.03. The van der Waals surface area contributed by atoms with E-state index < -0.39 is 6.10 Å². The van der Waals surface area contributed by atoms with Gasteiger partial charge in [-0.1, -0.05) is 12.1 Å². The van der Waals surface area contributed by atoms with Gasteiger partial charge in [0.15, 0.2) is 5.65 Å². The van der Waals surface area contributed by atoms with E-state index in [-0.39, 0.29) is 17.9 Å². The third-order valence-electron chi connectivity index (χ3n) is 4.29. The molecule has 0 bridgehead atoms. The zero-order valence-corrected chi connectivity index (χ0v) is 14.6. The van der Waals surface area contributed by atoms with Crippen molar-refractivity contribution in [1.82, 2.24) is 20.1 Å². The molecular formula is C19H23FN4O. The van der Waals surface area contributed by atoms with Crippen LogP contribution >= 0.6 is 0 Å². The summed E-state index contributed by atoms with van der Waals surface area (Å²) in [5.74, 6) is -0.308. The highest BCUT2D eigenvalue weighted by atomic mass is 19.1. The summed E-state index contributed by atoms with van der Waals surface area (Å²) >= 11 is 0. The highest BCUT2D eigenvalue weighted by Crippen LogP contribution is 2.19. The number of nitrogens with one attached hydrogen (secondary N) is 1. The maximum absolute atomic E-state index is 13.0. The number of pyridine rings is 1. The smallest absolute Gasteiger partial charge is 0.157 e. The Kier molecular flexibility index (Phi) is 5.11. The number of aliphatic hydroxyl groups excluding tert-OH is 1. The Labute approximate surface area is 146 Å². The first-order chi connectivity index (χ1) is 12.0. The number of aliphatic hydroxyl groups is 1. The predicted octanol–water partition coefficient (Wildman–Crippen LogP) is 3.36. The van der Waals surface area contributed by atoms with Crippen LogP contribution in [0.5, 0.6) is 0 Å². The van der Waals surface area contributed by atoms with Crippen LogP contribution in [-0.2, 0) is 6.54 Å². The van der Waals surface area contributed by atoms with Gasteiger partial charge in [0.05, 0.1) is 12.3 Å². The molecule has 2 aromatic heterocycles. The fourth-order valence-electron chi connectivity index (χ4n) is 2.80. The molecule has 132 valence electrons. The quantitative estimate of drug-likeness (QED) is 0.721. The van der Waals surface area contributed by atoms with Crippen molar-refractivity contribution in [3.05, 3.63) is 59.7 Å². The number of rotatable bonds is 6. The zero-order valence-electron chi connectivity index (χ0n) is 14.6. The van der Waals surface area contributed by atoms with Gasteiger partial charge in [-0.15, -0.1) is 0 Å². The second-order valence-electron chi connectivity index (χ2n) is 6.61. The van der Waals surface area contributed by atoms with E-state index in [1.807, 2.05) is 24.0 Å². The molecule has 0 saturated heterocycles. The Morgan fingerprint density at radius 2 is 1.88 bits per heavy atom. The van der Waals surface area contributed by atoms with E-state index in [4.69, 9.17) is 0 Å². The molecule has 2 N–H and O–H groups in total. The number of halogens is 1. The molecule has 25 heavy (non-hydrogen) atoms. The van der Waals surface area contributed by atoms with E-state index in [0.29, 0.717) is 12.1 Å². The number of hydrogen-bond donors (Lipinski definition) is 2. The van der Waals surface area contributed by atoms with Gasteiger partial charge < -0.3 is 10.4 Å². The minimum absolute atomic E-state index is 0.181. The van der Waals surface area contributed by atoms with Gasteiger partial charge in [0, 0.05) is 30.2 Å². The van der Waals surface area contributed by atoms with Crippen molar-refractivity contribution in [3.8, 4) is 0 Å². The standard InChI is InChI=1S/C19H23FN4O/c1-12(2)24-19-16(11-23-24)8-14(10-22-19)9-21-13(3)18(25)15-4-6-17(20)7-5-15/h4-8,10-13,18,21,25H,9H2,1-3H3. The monoisotopic (exact) mass is 342 g/mol. The first-order valence-electron chi connectivity index (χ1n) is 8.44. The number of benzene rings is 1. The summed E-state index contributed by atoms with van der Waals surface area (Å²) in [5.41, 5.74) is 2.58. The van der Waals surface area contributed by atoms with Gasteiger partial charge >= 0.3 is 0 Å². The number of hydrogen-bond acceptors (Lipinski definition) is 4. The predicted molar refractivity (Wildman–Crippen MR) is 95.6 cm³/mol. The van der Waals surface area contributed by atoms with Crippen molar-refractivity contribution in [3.63, 3.8) is 0 Å². The molecule has 0 fully saturated rings. The van der Waals surface area contributed by atoms with Crippen LogP contribution < -0.4 is 5.32 Å². The SMILES string of the molecule is CC(NCc1cnc2c(cnn2C(C)C)c1)C(O)c1ccc(F)cc1. The molecule has 2 atom stereocenters. The topological polar surface area (TPSA) is 63.0 Å². The van der Waals surface area contributed by atoms with Crippen molar-refractivity contribution in [1.29, 1.82) is 0 Å². The van der Waals surface area contributed by atoms with Crippen LogP contribution in [0.15, 0.2) is 42.7 Å². The van der Waals surface area contributed by atoms with Crippen LogP contribution in [0.25, 0.3) is 11.0 Å². The molecule has 2 heterocycles. The van der Waals surface area contributed by atoms with E-state index in [1.165, 1.54) is 12.1 Å². The summed E-state index contributed by atoms with van der Waals surface area (Å²) in [7, 11) is 0. The van der Waals surface area contributed by atoms with E-state index >= 15 is 0 Å². The van der Waals surface area contributed by atoms with E-state index in [1.54, 1.807) is 12.1 Å². The van der Waals surface area contributed by atoms with Crippen LogP contribution in [0, 0.1) is 5.82 Å². The van der Waals surface area contributed by atoms with Gasteiger partial charge in [0.2, 0.25) is 0 Å². The van der Waals surface area contributed by atoms with Crippen LogP contribution in [0.1, 0.15) is 44.0 Å².